The van der Waals surface area contributed by atoms with Gasteiger partial charge in [0.05, 0.1) is 17.1 Å². The second-order valence-corrected chi connectivity index (χ2v) is 8.53. The highest BCUT2D eigenvalue weighted by Crippen LogP contribution is 2.30. The molecule has 28 heavy (non-hydrogen) atoms. The van der Waals surface area contributed by atoms with Gasteiger partial charge >= 0.3 is 0 Å². The molecule has 2 heterocycles. The van der Waals surface area contributed by atoms with Gasteiger partial charge in [-0.1, -0.05) is 36.7 Å². The molecule has 0 bridgehead atoms. The molecule has 1 aliphatic heterocycles. The summed E-state index contributed by atoms with van der Waals surface area (Å²) in [6.45, 7) is 7.09. The number of hydrogen-bond donors (Lipinski definition) is 0. The predicted octanol–water partition coefficient (Wildman–Crippen LogP) is 4.11. The summed E-state index contributed by atoms with van der Waals surface area (Å²) in [5, 5.41) is 4.99. The third-order valence-electron chi connectivity index (χ3n) is 4.37. The first kappa shape index (κ1) is 18.7. The zero-order valence-electron chi connectivity index (χ0n) is 15.9. The average Bonchev–Trinajstić information content (AvgIpc) is 2.66. The van der Waals surface area contributed by atoms with Gasteiger partial charge in [0, 0.05) is 9.89 Å². The second kappa shape index (κ2) is 7.05. The van der Waals surface area contributed by atoms with Crippen LogP contribution in [0.15, 0.2) is 50.8 Å². The molecule has 0 radical (unpaired) electrons. The topological polar surface area (TPSA) is 65.7 Å². The van der Waals surface area contributed by atoms with Crippen LogP contribution >= 0.6 is 15.9 Å². The molecule has 0 fully saturated rings. The van der Waals surface area contributed by atoms with E-state index >= 15 is 0 Å². The fourth-order valence-electron chi connectivity index (χ4n) is 3.01. The van der Waals surface area contributed by atoms with E-state index in [9.17, 15) is 4.79 Å². The van der Waals surface area contributed by atoms with Crippen LogP contribution < -0.4 is 15.0 Å². The Bertz CT molecular complexity index is 1150. The molecule has 0 atom stereocenters. The molecular weight excluding hydrogens is 422 g/mol. The third kappa shape index (κ3) is 3.54. The summed E-state index contributed by atoms with van der Waals surface area (Å²) in [5.74, 6) is 1.99. The lowest BCUT2D eigenvalue weighted by molar-refractivity contribution is 0.171. The van der Waals surface area contributed by atoms with E-state index < -0.39 is 0 Å². The van der Waals surface area contributed by atoms with Crippen molar-refractivity contribution in [1.29, 1.82) is 0 Å². The van der Waals surface area contributed by atoms with Crippen LogP contribution in [0.25, 0.3) is 10.9 Å². The molecule has 0 saturated carbocycles. The molecule has 144 valence electrons. The van der Waals surface area contributed by atoms with Crippen molar-refractivity contribution in [1.82, 2.24) is 9.66 Å². The first-order valence-electron chi connectivity index (χ1n) is 9.00. The van der Waals surface area contributed by atoms with E-state index in [-0.39, 0.29) is 11.0 Å². The van der Waals surface area contributed by atoms with Crippen molar-refractivity contribution in [2.24, 2.45) is 5.10 Å². The van der Waals surface area contributed by atoms with Crippen molar-refractivity contribution in [3.8, 4) is 11.5 Å². The molecule has 0 aliphatic carbocycles. The number of halogens is 1. The fourth-order valence-corrected chi connectivity index (χ4v) is 3.37. The van der Waals surface area contributed by atoms with E-state index in [2.05, 4.69) is 21.0 Å². The molecule has 0 N–H and O–H groups in total. The lowest BCUT2D eigenvalue weighted by atomic mass is 9.95. The Labute approximate surface area is 170 Å². The maximum atomic E-state index is 13.1. The van der Waals surface area contributed by atoms with Crippen molar-refractivity contribution in [3.05, 3.63) is 62.6 Å². The van der Waals surface area contributed by atoms with Crippen LogP contribution in [0.5, 0.6) is 11.5 Å². The molecule has 0 amide bonds. The van der Waals surface area contributed by atoms with Gasteiger partial charge in [-0.25, -0.2) is 4.98 Å². The van der Waals surface area contributed by atoms with Gasteiger partial charge in [0.2, 0.25) is 0 Å². The van der Waals surface area contributed by atoms with Crippen LogP contribution in [-0.4, -0.2) is 29.1 Å². The summed E-state index contributed by atoms with van der Waals surface area (Å²) in [6, 6.07) is 11.1. The average molecular weight is 442 g/mol. The van der Waals surface area contributed by atoms with Crippen molar-refractivity contribution < 1.29 is 9.47 Å². The van der Waals surface area contributed by atoms with Crippen molar-refractivity contribution >= 4 is 33.0 Å². The quantitative estimate of drug-likeness (QED) is 0.561. The zero-order chi connectivity index (χ0) is 19.9. The van der Waals surface area contributed by atoms with Crippen LogP contribution in [0.4, 0.5) is 0 Å². The van der Waals surface area contributed by atoms with E-state index in [4.69, 9.17) is 14.5 Å². The molecular formula is C21H20BrN3O3. The molecule has 3 aromatic rings. The SMILES string of the molecule is CC(C)(C)c1nc2ccc(Br)cc2c(=O)n1N=Cc1ccc2c(c1)OCCO2. The van der Waals surface area contributed by atoms with E-state index in [0.29, 0.717) is 41.4 Å². The summed E-state index contributed by atoms with van der Waals surface area (Å²) >= 11 is 3.42. The molecule has 1 aromatic heterocycles. The number of fused-ring (bicyclic) bond motifs is 2. The van der Waals surface area contributed by atoms with Crippen molar-refractivity contribution in [2.75, 3.05) is 13.2 Å². The molecule has 6 nitrogen and oxygen atoms in total. The van der Waals surface area contributed by atoms with Crippen LogP contribution in [-0.2, 0) is 5.41 Å². The Kier molecular flexibility index (Phi) is 4.71. The van der Waals surface area contributed by atoms with Crippen LogP contribution in [0.1, 0.15) is 32.2 Å². The lowest BCUT2D eigenvalue weighted by Gasteiger charge is -2.21. The summed E-state index contributed by atoms with van der Waals surface area (Å²) in [7, 11) is 0. The normalized spacial score (nSPS) is 14.0. The Balaban J connectivity index is 1.84. The van der Waals surface area contributed by atoms with Gasteiger partial charge < -0.3 is 9.47 Å². The number of hydrogen-bond acceptors (Lipinski definition) is 5. The van der Waals surface area contributed by atoms with E-state index in [0.717, 1.165) is 10.0 Å². The van der Waals surface area contributed by atoms with E-state index in [1.165, 1.54) is 4.68 Å². The standard InChI is InChI=1S/C21H20BrN3O3/c1-21(2,3)20-24-16-6-5-14(22)11-15(16)19(26)25(20)23-12-13-4-7-17-18(10-13)28-9-8-27-17/h4-7,10-12H,8-9H2,1-3H3. The highest BCUT2D eigenvalue weighted by Gasteiger charge is 2.23. The van der Waals surface area contributed by atoms with Gasteiger partial charge in [0.15, 0.2) is 11.5 Å². The number of benzene rings is 2. The minimum atomic E-state index is -0.357. The van der Waals surface area contributed by atoms with Gasteiger partial charge in [-0.05, 0) is 42.0 Å². The molecule has 0 saturated heterocycles. The number of ether oxygens (including phenoxy) is 2. The number of rotatable bonds is 2. The minimum absolute atomic E-state index is 0.204. The van der Waals surface area contributed by atoms with Gasteiger partial charge in [0.25, 0.3) is 5.56 Å². The minimum Gasteiger partial charge on any atom is -0.486 e. The Morgan fingerprint density at radius 2 is 1.86 bits per heavy atom. The highest BCUT2D eigenvalue weighted by molar-refractivity contribution is 9.10. The number of nitrogens with zero attached hydrogens (tertiary/aromatic N) is 3. The molecule has 0 unspecified atom stereocenters. The highest BCUT2D eigenvalue weighted by atomic mass is 79.9. The molecule has 4 rings (SSSR count). The first-order valence-corrected chi connectivity index (χ1v) is 9.79. The van der Waals surface area contributed by atoms with Crippen LogP contribution in [0.2, 0.25) is 0 Å². The van der Waals surface area contributed by atoms with Gasteiger partial charge in [0.1, 0.15) is 19.0 Å². The fraction of sp³-hybridized carbons (Fsp3) is 0.286. The van der Waals surface area contributed by atoms with Crippen LogP contribution in [0.3, 0.4) is 0 Å². The maximum absolute atomic E-state index is 13.1. The summed E-state index contributed by atoms with van der Waals surface area (Å²) < 4.78 is 13.4. The second-order valence-electron chi connectivity index (χ2n) is 7.61. The smallest absolute Gasteiger partial charge is 0.282 e. The third-order valence-corrected chi connectivity index (χ3v) is 4.86. The summed E-state index contributed by atoms with van der Waals surface area (Å²) in [6.07, 6.45) is 1.64. The zero-order valence-corrected chi connectivity index (χ0v) is 17.5. The summed E-state index contributed by atoms with van der Waals surface area (Å²) in [4.78, 5) is 17.9. The Morgan fingerprint density at radius 3 is 2.61 bits per heavy atom. The molecule has 2 aromatic carbocycles. The van der Waals surface area contributed by atoms with Crippen LogP contribution in [0, 0.1) is 0 Å². The monoisotopic (exact) mass is 441 g/mol. The Morgan fingerprint density at radius 1 is 1.11 bits per heavy atom. The molecule has 0 spiro atoms. The van der Waals surface area contributed by atoms with Crippen molar-refractivity contribution in [3.63, 3.8) is 0 Å². The van der Waals surface area contributed by atoms with Crippen molar-refractivity contribution in [2.45, 2.75) is 26.2 Å². The van der Waals surface area contributed by atoms with Gasteiger partial charge in [-0.2, -0.15) is 9.78 Å². The first-order chi connectivity index (χ1) is 13.3. The van der Waals surface area contributed by atoms with Gasteiger partial charge in [-0.3, -0.25) is 4.79 Å². The van der Waals surface area contributed by atoms with E-state index in [1.54, 1.807) is 12.3 Å². The van der Waals surface area contributed by atoms with Gasteiger partial charge in [-0.15, -0.1) is 0 Å². The molecule has 7 heteroatoms. The predicted molar refractivity (Wildman–Crippen MR) is 113 cm³/mol. The molecule has 1 aliphatic rings. The van der Waals surface area contributed by atoms with E-state index in [1.807, 2.05) is 51.1 Å². The largest absolute Gasteiger partial charge is 0.486 e. The number of aromatic nitrogens is 2. The summed E-state index contributed by atoms with van der Waals surface area (Å²) in [5.41, 5.74) is 0.907. The maximum Gasteiger partial charge on any atom is 0.282 e. The Hall–Kier alpha value is -2.67. The lowest BCUT2D eigenvalue weighted by Crippen LogP contribution is -2.29.